The molecule has 0 fully saturated rings. The maximum absolute atomic E-state index is 6.43. The standard InChI is InChI=1S/C49H31N5OS/c1-2-37-39-30-36(49-53-47(33-18-8-4-9-19-33)52-48(54-49)34-20-10-5-11-21-34)26-28-41(39)55-40(37)27-25-31-15-14-22-35(29-31)43-45-44(38-23-12-13-24-42(38)56-45)51-46(50-43)32-16-6-3-7-17-32/h2-30H,1H2/b27-25+. The minimum atomic E-state index is 0.581. The van der Waals surface area contributed by atoms with Crippen molar-refractivity contribution in [2.45, 2.75) is 0 Å². The van der Waals surface area contributed by atoms with Gasteiger partial charge in [-0.05, 0) is 42.0 Å². The first-order valence-electron chi connectivity index (χ1n) is 18.3. The second kappa shape index (κ2) is 14.1. The SMILES string of the molecule is C=Cc1c(/C=C/c2cccc(-c3nc(-c4ccccc4)nc4c3sc3ccccc34)c2)oc2ccc(-c3nc(-c4ccccc4)nc(-c4ccccc4)n3)cc12. The molecular weight excluding hydrogens is 707 g/mol. The van der Waals surface area contributed by atoms with Gasteiger partial charge in [0.1, 0.15) is 11.3 Å². The van der Waals surface area contributed by atoms with Crippen LogP contribution in [0.25, 0.3) is 106 Å². The molecule has 10 rings (SSSR count). The Balaban J connectivity index is 1.03. The summed E-state index contributed by atoms with van der Waals surface area (Å²) in [5, 5.41) is 2.06. The lowest BCUT2D eigenvalue weighted by molar-refractivity contribution is 0.604. The maximum atomic E-state index is 6.43. The van der Waals surface area contributed by atoms with E-state index in [1.807, 2.05) is 103 Å². The average Bonchev–Trinajstić information content (AvgIpc) is 3.83. The quantitative estimate of drug-likeness (QED) is 0.154. The van der Waals surface area contributed by atoms with Crippen LogP contribution in [-0.4, -0.2) is 24.9 Å². The second-order valence-corrected chi connectivity index (χ2v) is 14.4. The van der Waals surface area contributed by atoms with Crippen LogP contribution >= 0.6 is 11.3 Å². The van der Waals surface area contributed by atoms with E-state index in [2.05, 4.69) is 79.4 Å². The number of rotatable bonds is 8. The van der Waals surface area contributed by atoms with E-state index >= 15 is 0 Å². The first-order valence-corrected chi connectivity index (χ1v) is 19.1. The summed E-state index contributed by atoms with van der Waals surface area (Å²) in [6.45, 7) is 4.16. The predicted octanol–water partition coefficient (Wildman–Crippen LogP) is 12.9. The van der Waals surface area contributed by atoms with Crippen molar-refractivity contribution in [1.29, 1.82) is 0 Å². The van der Waals surface area contributed by atoms with Crippen LogP contribution in [0.1, 0.15) is 16.9 Å². The highest BCUT2D eigenvalue weighted by Gasteiger charge is 2.18. The van der Waals surface area contributed by atoms with E-state index in [1.165, 1.54) is 4.70 Å². The van der Waals surface area contributed by atoms with Gasteiger partial charge in [-0.25, -0.2) is 24.9 Å². The molecule has 264 valence electrons. The van der Waals surface area contributed by atoms with Crippen LogP contribution in [0.2, 0.25) is 0 Å². The Morgan fingerprint density at radius 3 is 1.73 bits per heavy atom. The highest BCUT2D eigenvalue weighted by molar-refractivity contribution is 7.26. The summed E-state index contributed by atoms with van der Waals surface area (Å²) < 4.78 is 8.69. The fourth-order valence-corrected chi connectivity index (χ4v) is 8.16. The van der Waals surface area contributed by atoms with Crippen LogP contribution in [0.5, 0.6) is 0 Å². The third-order valence-corrected chi connectivity index (χ3v) is 10.9. The summed E-state index contributed by atoms with van der Waals surface area (Å²) in [7, 11) is 0. The number of benzene rings is 6. The van der Waals surface area contributed by atoms with Gasteiger partial charge < -0.3 is 4.42 Å². The smallest absolute Gasteiger partial charge is 0.164 e. The van der Waals surface area contributed by atoms with Gasteiger partial charge in [0.2, 0.25) is 0 Å². The summed E-state index contributed by atoms with van der Waals surface area (Å²) >= 11 is 1.73. The van der Waals surface area contributed by atoms with Crippen LogP contribution in [-0.2, 0) is 0 Å². The van der Waals surface area contributed by atoms with E-state index in [4.69, 9.17) is 29.3 Å². The van der Waals surface area contributed by atoms with Gasteiger partial charge in [-0.15, -0.1) is 11.3 Å². The van der Waals surface area contributed by atoms with Crippen molar-refractivity contribution < 1.29 is 4.42 Å². The lowest BCUT2D eigenvalue weighted by Crippen LogP contribution is -2.00. The largest absolute Gasteiger partial charge is 0.456 e. The topological polar surface area (TPSA) is 77.6 Å². The summed E-state index contributed by atoms with van der Waals surface area (Å²) in [5.41, 5.74) is 9.24. The number of hydrogen-bond donors (Lipinski definition) is 0. The van der Waals surface area contributed by atoms with Crippen molar-refractivity contribution in [2.24, 2.45) is 0 Å². The van der Waals surface area contributed by atoms with Crippen molar-refractivity contribution in [1.82, 2.24) is 24.9 Å². The molecule has 0 aliphatic rings. The van der Waals surface area contributed by atoms with Gasteiger partial charge in [0.25, 0.3) is 0 Å². The minimum absolute atomic E-state index is 0.581. The highest BCUT2D eigenvalue weighted by Crippen LogP contribution is 2.40. The minimum Gasteiger partial charge on any atom is -0.456 e. The third-order valence-electron chi connectivity index (χ3n) is 9.76. The molecular formula is C49H31N5OS. The number of fused-ring (bicyclic) bond motifs is 4. The molecule has 0 spiro atoms. The predicted molar refractivity (Wildman–Crippen MR) is 231 cm³/mol. The Morgan fingerprint density at radius 1 is 0.482 bits per heavy atom. The van der Waals surface area contributed by atoms with Crippen molar-refractivity contribution in [3.05, 3.63) is 181 Å². The number of aromatic nitrogens is 5. The lowest BCUT2D eigenvalue weighted by atomic mass is 10.0. The first kappa shape index (κ1) is 33.2. The molecule has 0 unspecified atom stereocenters. The van der Waals surface area contributed by atoms with Gasteiger partial charge in [-0.1, -0.05) is 146 Å². The third kappa shape index (κ3) is 6.16. The molecule has 6 aromatic carbocycles. The maximum Gasteiger partial charge on any atom is 0.164 e. The molecule has 0 amide bonds. The fourth-order valence-electron chi connectivity index (χ4n) is 7.01. The van der Waals surface area contributed by atoms with Crippen LogP contribution in [0.4, 0.5) is 0 Å². The summed E-state index contributed by atoms with van der Waals surface area (Å²) in [6.07, 6.45) is 5.92. The van der Waals surface area contributed by atoms with Crippen molar-refractivity contribution in [3.8, 4) is 56.8 Å². The van der Waals surface area contributed by atoms with Gasteiger partial charge in [0, 0.05) is 48.9 Å². The van der Waals surface area contributed by atoms with Crippen LogP contribution in [0.15, 0.2) is 169 Å². The number of furan rings is 1. The first-order chi connectivity index (χ1) is 27.7. The van der Waals surface area contributed by atoms with Crippen molar-refractivity contribution in [3.63, 3.8) is 0 Å². The Morgan fingerprint density at radius 2 is 1.07 bits per heavy atom. The molecule has 4 aromatic heterocycles. The van der Waals surface area contributed by atoms with E-state index in [0.717, 1.165) is 71.2 Å². The fraction of sp³-hybridized carbons (Fsp3) is 0. The normalized spacial score (nSPS) is 11.6. The Kier molecular flexibility index (Phi) is 8.39. The molecule has 0 N–H and O–H groups in total. The Bertz CT molecular complexity index is 3040. The summed E-state index contributed by atoms with van der Waals surface area (Å²) in [6, 6.07) is 53.0. The summed E-state index contributed by atoms with van der Waals surface area (Å²) in [5.74, 6) is 3.23. The summed E-state index contributed by atoms with van der Waals surface area (Å²) in [4.78, 5) is 24.9. The Labute approximate surface area is 326 Å². The number of thiophene rings is 1. The van der Waals surface area contributed by atoms with Crippen LogP contribution in [0.3, 0.4) is 0 Å². The van der Waals surface area contributed by atoms with E-state index in [1.54, 1.807) is 11.3 Å². The van der Waals surface area contributed by atoms with Crippen molar-refractivity contribution >= 4 is 60.8 Å². The van der Waals surface area contributed by atoms with E-state index in [0.29, 0.717) is 29.1 Å². The molecule has 0 saturated heterocycles. The lowest BCUT2D eigenvalue weighted by Gasteiger charge is -2.08. The van der Waals surface area contributed by atoms with Gasteiger partial charge in [0.05, 0.1) is 15.9 Å². The second-order valence-electron chi connectivity index (χ2n) is 13.3. The van der Waals surface area contributed by atoms with Crippen LogP contribution in [0, 0.1) is 0 Å². The molecule has 0 radical (unpaired) electrons. The van der Waals surface area contributed by atoms with E-state index < -0.39 is 0 Å². The van der Waals surface area contributed by atoms with E-state index in [-0.39, 0.29) is 0 Å². The molecule has 0 aliphatic carbocycles. The van der Waals surface area contributed by atoms with Gasteiger partial charge in [0.15, 0.2) is 23.3 Å². The zero-order chi connectivity index (χ0) is 37.4. The van der Waals surface area contributed by atoms with Crippen molar-refractivity contribution in [2.75, 3.05) is 0 Å². The van der Waals surface area contributed by atoms with Gasteiger partial charge in [-0.2, -0.15) is 0 Å². The van der Waals surface area contributed by atoms with Gasteiger partial charge >= 0.3 is 0 Å². The molecule has 7 heteroatoms. The van der Waals surface area contributed by atoms with E-state index in [9.17, 15) is 0 Å². The molecule has 0 saturated carbocycles. The number of hydrogen-bond acceptors (Lipinski definition) is 7. The zero-order valence-corrected chi connectivity index (χ0v) is 30.8. The van der Waals surface area contributed by atoms with Crippen LogP contribution < -0.4 is 0 Å². The molecule has 4 heterocycles. The molecule has 0 atom stereocenters. The molecule has 6 nitrogen and oxygen atoms in total. The molecule has 0 bridgehead atoms. The molecule has 0 aliphatic heterocycles. The molecule has 56 heavy (non-hydrogen) atoms. The zero-order valence-electron chi connectivity index (χ0n) is 30.0. The highest BCUT2D eigenvalue weighted by atomic mass is 32.1. The number of nitrogens with zero attached hydrogens (tertiary/aromatic N) is 5. The molecule has 10 aromatic rings. The average molecular weight is 738 g/mol. The monoisotopic (exact) mass is 737 g/mol. The van der Waals surface area contributed by atoms with Gasteiger partial charge in [-0.3, -0.25) is 0 Å². The Hall–Kier alpha value is -7.35.